The summed E-state index contributed by atoms with van der Waals surface area (Å²) in [7, 11) is 3.21. The summed E-state index contributed by atoms with van der Waals surface area (Å²) in [4.78, 5) is 11.5. The van der Waals surface area contributed by atoms with Crippen LogP contribution in [-0.2, 0) is 4.74 Å². The Morgan fingerprint density at radius 3 is 2.49 bits per heavy atom. The number of hydrogen-bond donors (Lipinski definition) is 1. The van der Waals surface area contributed by atoms with Gasteiger partial charge in [-0.2, -0.15) is 0 Å². The first-order valence-electron chi connectivity index (χ1n) is 12.8. The standard InChI is InChI=1S/C30H32N4O5/c1-35-27-12-11-25(28(29(27)36-2)38-20-17-34-15-18-37-19-16-34)26-13-14-31-30(33-26)32-22-7-6-10-24(21-22)39-23-8-4-3-5-9-23/h3-14,21H,15-20H2,1-2H3,(H,31,32,33). The zero-order valence-electron chi connectivity index (χ0n) is 22.1. The van der Waals surface area contributed by atoms with Gasteiger partial charge in [0, 0.05) is 43.1 Å². The highest BCUT2D eigenvalue weighted by Crippen LogP contribution is 2.44. The minimum atomic E-state index is 0.443. The van der Waals surface area contributed by atoms with Crippen LogP contribution in [0.25, 0.3) is 11.3 Å². The molecule has 39 heavy (non-hydrogen) atoms. The highest BCUT2D eigenvalue weighted by molar-refractivity contribution is 5.75. The number of nitrogens with one attached hydrogen (secondary N) is 1. The van der Waals surface area contributed by atoms with Crippen LogP contribution in [0.2, 0.25) is 0 Å². The van der Waals surface area contributed by atoms with Crippen LogP contribution in [0.15, 0.2) is 79.0 Å². The number of morpholine rings is 1. The molecule has 0 radical (unpaired) electrons. The first-order chi connectivity index (χ1) is 19.2. The molecule has 1 aromatic heterocycles. The predicted octanol–water partition coefficient (Wildman–Crippen LogP) is 5.41. The molecule has 5 rings (SSSR count). The van der Waals surface area contributed by atoms with Crippen molar-refractivity contribution in [3.05, 3.63) is 79.0 Å². The van der Waals surface area contributed by atoms with E-state index < -0.39 is 0 Å². The number of hydrogen-bond acceptors (Lipinski definition) is 9. The summed E-state index contributed by atoms with van der Waals surface area (Å²) in [5.41, 5.74) is 2.27. The molecule has 0 atom stereocenters. The third kappa shape index (κ3) is 6.76. The van der Waals surface area contributed by atoms with Gasteiger partial charge >= 0.3 is 0 Å². The Labute approximate surface area is 228 Å². The zero-order valence-corrected chi connectivity index (χ0v) is 22.1. The number of methoxy groups -OCH3 is 2. The second-order valence-electron chi connectivity index (χ2n) is 8.81. The van der Waals surface area contributed by atoms with E-state index in [1.165, 1.54) is 0 Å². The Bertz CT molecular complexity index is 1360. The minimum Gasteiger partial charge on any atom is -0.493 e. The molecule has 1 fully saturated rings. The van der Waals surface area contributed by atoms with E-state index >= 15 is 0 Å². The smallest absolute Gasteiger partial charge is 0.227 e. The third-order valence-corrected chi connectivity index (χ3v) is 6.26. The number of anilines is 2. The van der Waals surface area contributed by atoms with Crippen molar-refractivity contribution in [2.75, 3.05) is 59.0 Å². The van der Waals surface area contributed by atoms with Gasteiger partial charge in [0.25, 0.3) is 0 Å². The van der Waals surface area contributed by atoms with Crippen molar-refractivity contribution in [1.29, 1.82) is 0 Å². The van der Waals surface area contributed by atoms with Gasteiger partial charge in [-0.25, -0.2) is 9.97 Å². The third-order valence-electron chi connectivity index (χ3n) is 6.26. The average molecular weight is 529 g/mol. The van der Waals surface area contributed by atoms with Gasteiger partial charge in [0.1, 0.15) is 18.1 Å². The molecule has 2 heterocycles. The number of para-hydroxylation sites is 1. The van der Waals surface area contributed by atoms with Crippen molar-refractivity contribution in [3.63, 3.8) is 0 Å². The molecule has 0 saturated carbocycles. The molecule has 1 aliphatic rings. The maximum atomic E-state index is 6.30. The van der Waals surface area contributed by atoms with Crippen LogP contribution in [0.4, 0.5) is 11.6 Å². The number of nitrogens with zero attached hydrogens (tertiary/aromatic N) is 3. The van der Waals surface area contributed by atoms with Crippen LogP contribution < -0.4 is 24.3 Å². The fourth-order valence-electron chi connectivity index (χ4n) is 4.31. The molecular weight excluding hydrogens is 496 g/mol. The van der Waals surface area contributed by atoms with Crippen LogP contribution in [0.5, 0.6) is 28.7 Å². The lowest BCUT2D eigenvalue weighted by atomic mass is 10.1. The fourth-order valence-corrected chi connectivity index (χ4v) is 4.31. The van der Waals surface area contributed by atoms with E-state index in [4.69, 9.17) is 28.7 Å². The number of aromatic nitrogens is 2. The van der Waals surface area contributed by atoms with E-state index in [1.807, 2.05) is 72.8 Å². The quantitative estimate of drug-likeness (QED) is 0.275. The normalized spacial score (nSPS) is 13.5. The molecule has 4 aromatic rings. The summed E-state index contributed by atoms with van der Waals surface area (Å²) >= 11 is 0. The van der Waals surface area contributed by atoms with Crippen LogP contribution in [-0.4, -0.2) is 68.5 Å². The van der Waals surface area contributed by atoms with E-state index in [1.54, 1.807) is 20.4 Å². The summed E-state index contributed by atoms with van der Waals surface area (Å²) in [6.07, 6.45) is 1.71. The molecule has 9 heteroatoms. The minimum absolute atomic E-state index is 0.443. The van der Waals surface area contributed by atoms with Crippen molar-refractivity contribution in [2.24, 2.45) is 0 Å². The van der Waals surface area contributed by atoms with Gasteiger partial charge in [-0.15, -0.1) is 0 Å². The van der Waals surface area contributed by atoms with Gasteiger partial charge in [-0.3, -0.25) is 4.90 Å². The van der Waals surface area contributed by atoms with Crippen LogP contribution >= 0.6 is 0 Å². The van der Waals surface area contributed by atoms with E-state index in [9.17, 15) is 0 Å². The monoisotopic (exact) mass is 528 g/mol. The molecule has 0 aliphatic carbocycles. The molecule has 202 valence electrons. The second-order valence-corrected chi connectivity index (χ2v) is 8.81. The summed E-state index contributed by atoms with van der Waals surface area (Å²) in [6, 6.07) is 22.9. The highest BCUT2D eigenvalue weighted by atomic mass is 16.5. The predicted molar refractivity (Wildman–Crippen MR) is 150 cm³/mol. The number of ether oxygens (including phenoxy) is 5. The summed E-state index contributed by atoms with van der Waals surface area (Å²) in [5.74, 6) is 3.60. The Balaban J connectivity index is 1.36. The van der Waals surface area contributed by atoms with Gasteiger partial charge in [-0.05, 0) is 42.5 Å². The molecule has 9 nitrogen and oxygen atoms in total. The van der Waals surface area contributed by atoms with E-state index in [2.05, 4.69) is 15.2 Å². The number of rotatable bonds is 11. The Morgan fingerprint density at radius 1 is 0.872 bits per heavy atom. The number of benzene rings is 3. The lowest BCUT2D eigenvalue weighted by Gasteiger charge is -2.26. The van der Waals surface area contributed by atoms with Crippen molar-refractivity contribution in [2.45, 2.75) is 0 Å². The molecule has 1 N–H and O–H groups in total. The second kappa shape index (κ2) is 12.9. The fraction of sp³-hybridized carbons (Fsp3) is 0.267. The summed E-state index contributed by atoms with van der Waals surface area (Å²) in [5, 5.41) is 3.28. The molecule has 0 bridgehead atoms. The first kappa shape index (κ1) is 26.3. The maximum Gasteiger partial charge on any atom is 0.227 e. The zero-order chi connectivity index (χ0) is 26.9. The average Bonchev–Trinajstić information content (AvgIpc) is 2.98. The molecule has 3 aromatic carbocycles. The van der Waals surface area contributed by atoms with Crippen LogP contribution in [0, 0.1) is 0 Å². The maximum absolute atomic E-state index is 6.30. The summed E-state index contributed by atoms with van der Waals surface area (Å²) in [6.45, 7) is 4.54. The highest BCUT2D eigenvalue weighted by Gasteiger charge is 2.20. The van der Waals surface area contributed by atoms with Crippen molar-refractivity contribution in [3.8, 4) is 40.0 Å². The molecule has 0 spiro atoms. The topological polar surface area (TPSA) is 87.2 Å². The van der Waals surface area contributed by atoms with Gasteiger partial charge in [-0.1, -0.05) is 24.3 Å². The van der Waals surface area contributed by atoms with E-state index in [0.717, 1.165) is 49.8 Å². The lowest BCUT2D eigenvalue weighted by Crippen LogP contribution is -2.38. The van der Waals surface area contributed by atoms with Gasteiger partial charge < -0.3 is 29.0 Å². The van der Waals surface area contributed by atoms with Crippen molar-refractivity contribution < 1.29 is 23.7 Å². The molecule has 0 amide bonds. The van der Waals surface area contributed by atoms with Crippen molar-refractivity contribution >= 4 is 11.6 Å². The SMILES string of the molecule is COc1ccc(-c2ccnc(Nc3cccc(Oc4ccccc4)c3)n2)c(OCCN2CCOCC2)c1OC. The van der Waals surface area contributed by atoms with Crippen LogP contribution in [0.1, 0.15) is 0 Å². The molecular formula is C30H32N4O5. The molecule has 0 unspecified atom stereocenters. The van der Waals surface area contributed by atoms with Gasteiger partial charge in [0.2, 0.25) is 11.7 Å². The Morgan fingerprint density at radius 2 is 1.69 bits per heavy atom. The Kier molecular flexibility index (Phi) is 8.72. The first-order valence-corrected chi connectivity index (χ1v) is 12.8. The van der Waals surface area contributed by atoms with E-state index in [0.29, 0.717) is 41.2 Å². The van der Waals surface area contributed by atoms with Gasteiger partial charge in [0.05, 0.1) is 33.1 Å². The lowest BCUT2D eigenvalue weighted by molar-refractivity contribution is 0.0321. The van der Waals surface area contributed by atoms with Crippen molar-refractivity contribution in [1.82, 2.24) is 14.9 Å². The van der Waals surface area contributed by atoms with Gasteiger partial charge in [0.15, 0.2) is 11.5 Å². The summed E-state index contributed by atoms with van der Waals surface area (Å²) < 4.78 is 28.9. The Hall–Kier alpha value is -4.34. The molecule has 1 aliphatic heterocycles. The van der Waals surface area contributed by atoms with E-state index in [-0.39, 0.29) is 0 Å². The largest absolute Gasteiger partial charge is 0.493 e. The molecule has 1 saturated heterocycles. The van der Waals surface area contributed by atoms with Crippen LogP contribution in [0.3, 0.4) is 0 Å².